The number of methoxy groups -OCH3 is 1. The molecule has 6 nitrogen and oxygen atoms in total. The van der Waals surface area contributed by atoms with Crippen LogP contribution in [0.5, 0.6) is 5.75 Å². The predicted molar refractivity (Wildman–Crippen MR) is 60.0 cm³/mol. The predicted octanol–water partition coefficient (Wildman–Crippen LogP) is 1.40. The summed E-state index contributed by atoms with van der Waals surface area (Å²) in [6.07, 6.45) is 0. The summed E-state index contributed by atoms with van der Waals surface area (Å²) in [7, 11) is 1.29. The summed E-state index contributed by atoms with van der Waals surface area (Å²) >= 11 is 4.57. The summed E-state index contributed by atoms with van der Waals surface area (Å²) in [5.41, 5.74) is 4.67. The van der Waals surface area contributed by atoms with Gasteiger partial charge in [0.05, 0.1) is 23.8 Å². The molecule has 0 fully saturated rings. The van der Waals surface area contributed by atoms with Gasteiger partial charge in [0.25, 0.3) is 0 Å². The van der Waals surface area contributed by atoms with Gasteiger partial charge in [-0.1, -0.05) is 0 Å². The fourth-order valence-electron chi connectivity index (χ4n) is 1.08. The Balaban J connectivity index is 3.26. The summed E-state index contributed by atoms with van der Waals surface area (Å²) < 4.78 is 18.1. The van der Waals surface area contributed by atoms with Crippen LogP contribution in [0.15, 0.2) is 12.1 Å². The van der Waals surface area contributed by atoms with E-state index < -0.39 is 16.4 Å². The number of nitrogens with one attached hydrogen (secondary N) is 1. The van der Waals surface area contributed by atoms with Gasteiger partial charge in [-0.25, -0.2) is 0 Å². The third-order valence-electron chi connectivity index (χ3n) is 1.72. The second-order valence-electron chi connectivity index (χ2n) is 2.75. The number of benzene rings is 1. The lowest BCUT2D eigenvalue weighted by atomic mass is 10.2. The van der Waals surface area contributed by atoms with Gasteiger partial charge in [0.2, 0.25) is 5.82 Å². The van der Waals surface area contributed by atoms with E-state index in [4.69, 9.17) is 10.5 Å². The Hall–Kier alpha value is -1.96. The van der Waals surface area contributed by atoms with Crippen LogP contribution in [-0.4, -0.2) is 17.1 Å². The zero-order chi connectivity index (χ0) is 12.3. The monoisotopic (exact) mass is 245 g/mol. The van der Waals surface area contributed by atoms with Crippen molar-refractivity contribution in [2.75, 3.05) is 12.4 Å². The van der Waals surface area contributed by atoms with E-state index in [9.17, 15) is 14.5 Å². The normalized spacial score (nSPS) is 9.62. The third-order valence-corrected chi connectivity index (χ3v) is 1.83. The van der Waals surface area contributed by atoms with E-state index in [0.717, 1.165) is 12.1 Å². The van der Waals surface area contributed by atoms with Crippen molar-refractivity contribution in [2.45, 2.75) is 0 Å². The molecule has 8 heteroatoms. The molecule has 1 aromatic carbocycles. The molecule has 0 unspecified atom stereocenters. The van der Waals surface area contributed by atoms with E-state index in [-0.39, 0.29) is 16.5 Å². The van der Waals surface area contributed by atoms with Crippen molar-refractivity contribution < 1.29 is 14.1 Å². The number of ether oxygens (including phenoxy) is 1. The Morgan fingerprint density at radius 3 is 2.75 bits per heavy atom. The summed E-state index contributed by atoms with van der Waals surface area (Å²) in [6, 6.07) is 1.85. The number of halogens is 1. The molecule has 0 atom stereocenters. The molecule has 0 amide bonds. The SMILES string of the molecule is COc1cc([N+](=O)[O-])c(F)cc1NC(N)=S. The lowest BCUT2D eigenvalue weighted by Crippen LogP contribution is -2.19. The minimum absolute atomic E-state index is 0.0842. The average Bonchev–Trinajstić information content (AvgIpc) is 2.16. The fourth-order valence-corrected chi connectivity index (χ4v) is 1.19. The number of hydrogen-bond donors (Lipinski definition) is 2. The van der Waals surface area contributed by atoms with Crippen LogP contribution in [0.4, 0.5) is 15.8 Å². The van der Waals surface area contributed by atoms with Crippen LogP contribution in [0, 0.1) is 15.9 Å². The molecule has 0 heterocycles. The third kappa shape index (κ3) is 2.54. The Bertz CT molecular complexity index is 452. The van der Waals surface area contributed by atoms with Crippen molar-refractivity contribution in [2.24, 2.45) is 5.73 Å². The van der Waals surface area contributed by atoms with Crippen LogP contribution >= 0.6 is 12.2 Å². The Labute approximate surface area is 95.3 Å². The molecule has 3 N–H and O–H groups in total. The lowest BCUT2D eigenvalue weighted by molar-refractivity contribution is -0.387. The number of nitrogens with two attached hydrogens (primary N) is 1. The van der Waals surface area contributed by atoms with Gasteiger partial charge in [-0.2, -0.15) is 4.39 Å². The van der Waals surface area contributed by atoms with Gasteiger partial charge in [0.15, 0.2) is 5.11 Å². The average molecular weight is 245 g/mol. The Kier molecular flexibility index (Phi) is 3.56. The molecule has 0 aromatic heterocycles. The largest absolute Gasteiger partial charge is 0.494 e. The van der Waals surface area contributed by atoms with Crippen LogP contribution in [0.25, 0.3) is 0 Å². The number of nitro benzene ring substituents is 1. The molecule has 1 rings (SSSR count). The number of hydrogen-bond acceptors (Lipinski definition) is 4. The maximum Gasteiger partial charge on any atom is 0.308 e. The molecule has 1 aromatic rings. The van der Waals surface area contributed by atoms with Crippen molar-refractivity contribution in [1.29, 1.82) is 0 Å². The maximum absolute atomic E-state index is 13.2. The van der Waals surface area contributed by atoms with Gasteiger partial charge in [0, 0.05) is 6.07 Å². The first-order valence-corrected chi connectivity index (χ1v) is 4.45. The lowest BCUT2D eigenvalue weighted by Gasteiger charge is -2.09. The summed E-state index contributed by atoms with van der Waals surface area (Å²) in [5.74, 6) is -0.912. The first-order chi connectivity index (χ1) is 7.45. The van der Waals surface area contributed by atoms with E-state index in [1.807, 2.05) is 0 Å². The highest BCUT2D eigenvalue weighted by molar-refractivity contribution is 7.80. The standard InChI is InChI=1S/C8H8FN3O3S/c1-15-7-3-6(12(13)14)4(9)2-5(7)11-8(10)16/h2-3H,1H3,(H3,10,11,16). The highest BCUT2D eigenvalue weighted by Gasteiger charge is 2.18. The molecular formula is C8H8FN3O3S. The van der Waals surface area contributed by atoms with Crippen LogP contribution < -0.4 is 15.8 Å². The zero-order valence-electron chi connectivity index (χ0n) is 8.19. The van der Waals surface area contributed by atoms with Gasteiger partial charge < -0.3 is 15.8 Å². The molecule has 0 saturated heterocycles. The van der Waals surface area contributed by atoms with Crippen LogP contribution in [0.1, 0.15) is 0 Å². The summed E-state index contributed by atoms with van der Waals surface area (Å²) in [4.78, 5) is 9.62. The maximum atomic E-state index is 13.2. The van der Waals surface area contributed by atoms with Crippen molar-refractivity contribution >= 4 is 28.7 Å². The summed E-state index contributed by atoms with van der Waals surface area (Å²) in [6.45, 7) is 0. The number of rotatable bonds is 3. The molecule has 0 aliphatic carbocycles. The van der Waals surface area contributed by atoms with E-state index >= 15 is 0 Å². The smallest absolute Gasteiger partial charge is 0.308 e. The van der Waals surface area contributed by atoms with Crippen molar-refractivity contribution in [3.05, 3.63) is 28.1 Å². The fraction of sp³-hybridized carbons (Fsp3) is 0.125. The zero-order valence-corrected chi connectivity index (χ0v) is 9.01. The number of nitrogens with zero attached hydrogens (tertiary/aromatic N) is 1. The minimum atomic E-state index is -0.996. The van der Waals surface area contributed by atoms with Gasteiger partial charge in [-0.05, 0) is 12.2 Å². The molecule has 0 radical (unpaired) electrons. The first kappa shape index (κ1) is 12.1. The molecule has 0 bridgehead atoms. The number of nitro groups is 1. The number of thiocarbonyl (C=S) groups is 1. The van der Waals surface area contributed by atoms with Crippen molar-refractivity contribution in [3.8, 4) is 5.75 Å². The van der Waals surface area contributed by atoms with E-state index in [0.29, 0.717) is 0 Å². The van der Waals surface area contributed by atoms with Gasteiger partial charge in [0.1, 0.15) is 5.75 Å². The van der Waals surface area contributed by atoms with Crippen LogP contribution in [0.2, 0.25) is 0 Å². The van der Waals surface area contributed by atoms with E-state index in [2.05, 4.69) is 17.5 Å². The summed E-state index contributed by atoms with van der Waals surface area (Å²) in [5, 5.41) is 12.8. The molecule has 86 valence electrons. The van der Waals surface area contributed by atoms with Crippen molar-refractivity contribution in [1.82, 2.24) is 0 Å². The second-order valence-corrected chi connectivity index (χ2v) is 3.19. The van der Waals surface area contributed by atoms with Gasteiger partial charge >= 0.3 is 5.69 Å². The second kappa shape index (κ2) is 4.71. The van der Waals surface area contributed by atoms with E-state index in [1.54, 1.807) is 0 Å². The minimum Gasteiger partial charge on any atom is -0.494 e. The molecule has 0 saturated carbocycles. The highest BCUT2D eigenvalue weighted by atomic mass is 32.1. The van der Waals surface area contributed by atoms with Gasteiger partial charge in [-0.15, -0.1) is 0 Å². The van der Waals surface area contributed by atoms with Crippen LogP contribution in [-0.2, 0) is 0 Å². The quantitative estimate of drug-likeness (QED) is 0.475. The molecule has 0 aliphatic rings. The van der Waals surface area contributed by atoms with Crippen molar-refractivity contribution in [3.63, 3.8) is 0 Å². The Morgan fingerprint density at radius 2 is 2.31 bits per heavy atom. The van der Waals surface area contributed by atoms with E-state index in [1.165, 1.54) is 7.11 Å². The first-order valence-electron chi connectivity index (χ1n) is 4.04. The van der Waals surface area contributed by atoms with Crippen LogP contribution in [0.3, 0.4) is 0 Å². The molecule has 0 aliphatic heterocycles. The molecule has 0 spiro atoms. The molecule has 16 heavy (non-hydrogen) atoms. The molecular weight excluding hydrogens is 237 g/mol. The highest BCUT2D eigenvalue weighted by Crippen LogP contribution is 2.31. The topological polar surface area (TPSA) is 90.4 Å². The Morgan fingerprint density at radius 1 is 1.69 bits per heavy atom. The number of anilines is 1. The van der Waals surface area contributed by atoms with Gasteiger partial charge in [-0.3, -0.25) is 10.1 Å².